The van der Waals surface area contributed by atoms with Crippen LogP contribution < -0.4 is 0 Å². The standard InChI is InChI=1S/C18H36N2OS.C17H15N3O2S/c1-10-11-15-14-16(17(2,3)4)19-20(15)12-13-21-22(8,9)18(5,6)7;1-11(21)13-10-23-15-9-19(7-5-12(13)15)17(22)14-8-18-16-4-2-3-6-20(14)16/h14H,10-13H2,1-9H3;2-4,6,8,10H,5,7,9H2,1H3. The number of thiophene rings is 1. The summed E-state index contributed by atoms with van der Waals surface area (Å²) in [6, 6.07) is 7.94. The van der Waals surface area contributed by atoms with Gasteiger partial charge in [0.2, 0.25) is 0 Å². The van der Waals surface area contributed by atoms with E-state index in [0.29, 0.717) is 18.8 Å². The van der Waals surface area contributed by atoms with Crippen molar-refractivity contribution in [2.45, 2.75) is 97.9 Å². The van der Waals surface area contributed by atoms with Crippen LogP contribution in [0.15, 0.2) is 42.0 Å². The van der Waals surface area contributed by atoms with Gasteiger partial charge in [-0.15, -0.1) is 21.6 Å². The fourth-order valence-electron chi connectivity index (χ4n) is 5.03. The average molecular weight is 654 g/mol. The minimum absolute atomic E-state index is 0.0212. The summed E-state index contributed by atoms with van der Waals surface area (Å²) in [5, 5.41) is 6.74. The van der Waals surface area contributed by atoms with Gasteiger partial charge in [0.25, 0.3) is 5.91 Å². The number of imidazole rings is 1. The van der Waals surface area contributed by atoms with Gasteiger partial charge in [-0.2, -0.15) is 5.10 Å². The third kappa shape index (κ3) is 8.07. The Balaban J connectivity index is 0.000000205. The summed E-state index contributed by atoms with van der Waals surface area (Å²) in [7, 11) is -1.06. The molecule has 4 aromatic rings. The lowest BCUT2D eigenvalue weighted by Gasteiger charge is -2.43. The van der Waals surface area contributed by atoms with Gasteiger partial charge in [-0.05, 0) is 56.0 Å². The highest BCUT2D eigenvalue weighted by molar-refractivity contribution is 8.29. The van der Waals surface area contributed by atoms with E-state index in [-0.39, 0.29) is 21.9 Å². The molecule has 5 heterocycles. The third-order valence-electron chi connectivity index (χ3n) is 8.54. The van der Waals surface area contributed by atoms with E-state index in [2.05, 4.69) is 76.7 Å². The molecule has 5 rings (SSSR count). The maximum Gasteiger partial charge on any atom is 0.272 e. The van der Waals surface area contributed by atoms with E-state index >= 15 is 0 Å². The Kier molecular flexibility index (Phi) is 10.7. The molecule has 246 valence electrons. The van der Waals surface area contributed by atoms with Gasteiger partial charge < -0.3 is 9.08 Å². The summed E-state index contributed by atoms with van der Waals surface area (Å²) in [4.78, 5) is 31.7. The molecule has 45 heavy (non-hydrogen) atoms. The number of hydrogen-bond donors (Lipinski definition) is 0. The van der Waals surface area contributed by atoms with Crippen LogP contribution in [0.4, 0.5) is 0 Å². The monoisotopic (exact) mass is 653 g/mol. The molecule has 0 bridgehead atoms. The van der Waals surface area contributed by atoms with E-state index in [0.717, 1.165) is 54.1 Å². The van der Waals surface area contributed by atoms with Crippen LogP contribution in [0, 0.1) is 0 Å². The van der Waals surface area contributed by atoms with Crippen molar-refractivity contribution in [3.8, 4) is 0 Å². The minimum atomic E-state index is -1.06. The highest BCUT2D eigenvalue weighted by atomic mass is 32.3. The second kappa shape index (κ2) is 13.8. The normalized spacial score (nSPS) is 14.2. The van der Waals surface area contributed by atoms with Crippen LogP contribution in [0.1, 0.15) is 104 Å². The zero-order chi connectivity index (χ0) is 33.2. The molecule has 0 saturated carbocycles. The Morgan fingerprint density at radius 2 is 1.84 bits per heavy atom. The first-order chi connectivity index (χ1) is 21.0. The molecule has 0 unspecified atom stereocenters. The van der Waals surface area contributed by atoms with Gasteiger partial charge in [0.15, 0.2) is 5.78 Å². The highest BCUT2D eigenvalue weighted by Crippen LogP contribution is 2.53. The molecular weight excluding hydrogens is 603 g/mol. The van der Waals surface area contributed by atoms with Crippen molar-refractivity contribution in [2.24, 2.45) is 0 Å². The molecule has 0 spiro atoms. The number of pyridine rings is 1. The number of ketones is 1. The molecule has 4 aromatic heterocycles. The Morgan fingerprint density at radius 3 is 2.49 bits per heavy atom. The smallest absolute Gasteiger partial charge is 0.272 e. The maximum absolute atomic E-state index is 12.8. The first-order valence-corrected chi connectivity index (χ1v) is 19.0. The van der Waals surface area contributed by atoms with E-state index in [4.69, 9.17) is 9.28 Å². The van der Waals surface area contributed by atoms with Crippen LogP contribution in [0.2, 0.25) is 0 Å². The number of nitrogens with zero attached hydrogens (tertiary/aromatic N) is 5. The predicted octanol–water partition coefficient (Wildman–Crippen LogP) is 7.72. The number of fused-ring (bicyclic) bond motifs is 2. The van der Waals surface area contributed by atoms with Crippen LogP contribution in [-0.4, -0.2) is 66.2 Å². The van der Waals surface area contributed by atoms with Crippen LogP contribution in [-0.2, 0) is 35.5 Å². The first kappa shape index (κ1) is 34.9. The Bertz CT molecular complexity index is 1630. The number of rotatable bonds is 8. The zero-order valence-corrected chi connectivity index (χ0v) is 30.4. The second-order valence-electron chi connectivity index (χ2n) is 14.1. The Hall–Kier alpha value is -2.95. The lowest BCUT2D eigenvalue weighted by atomic mass is 9.92. The summed E-state index contributed by atoms with van der Waals surface area (Å²) in [5.41, 5.74) is 5.88. The number of carbonyl (C=O) groups excluding carboxylic acids is 2. The van der Waals surface area contributed by atoms with Crippen molar-refractivity contribution in [1.29, 1.82) is 0 Å². The van der Waals surface area contributed by atoms with Gasteiger partial charge in [0.1, 0.15) is 11.3 Å². The molecule has 0 fully saturated rings. The number of carbonyl (C=O) groups is 2. The van der Waals surface area contributed by atoms with Crippen molar-refractivity contribution in [3.05, 3.63) is 75.1 Å². The van der Waals surface area contributed by atoms with Gasteiger partial charge in [-0.1, -0.05) is 61.0 Å². The van der Waals surface area contributed by atoms with E-state index < -0.39 is 10.3 Å². The fraction of sp³-hybridized carbons (Fsp3) is 0.543. The van der Waals surface area contributed by atoms with Gasteiger partial charge in [-0.3, -0.25) is 18.7 Å². The van der Waals surface area contributed by atoms with E-state index in [1.54, 1.807) is 24.5 Å². The molecule has 8 nitrogen and oxygen atoms in total. The predicted molar refractivity (Wildman–Crippen MR) is 188 cm³/mol. The largest absolute Gasteiger partial charge is 0.335 e. The van der Waals surface area contributed by atoms with Crippen molar-refractivity contribution in [1.82, 2.24) is 24.1 Å². The van der Waals surface area contributed by atoms with Gasteiger partial charge in [0.05, 0.1) is 31.6 Å². The fourth-order valence-corrected chi connectivity index (χ4v) is 7.03. The van der Waals surface area contributed by atoms with Crippen LogP contribution >= 0.6 is 21.6 Å². The number of hydrogen-bond acceptors (Lipinski definition) is 6. The number of aryl methyl sites for hydroxylation is 1. The van der Waals surface area contributed by atoms with Crippen molar-refractivity contribution < 1.29 is 13.8 Å². The number of amides is 1. The lowest BCUT2D eigenvalue weighted by molar-refractivity contribution is 0.0730. The number of Topliss-reactive ketones (excluding diaryl/α,β-unsaturated/α-hetero) is 1. The highest BCUT2D eigenvalue weighted by Gasteiger charge is 2.29. The summed E-state index contributed by atoms with van der Waals surface area (Å²) in [6.45, 7) is 20.0. The summed E-state index contributed by atoms with van der Waals surface area (Å²) in [6.07, 6.45) is 10.9. The SMILES string of the molecule is CC(=O)c1csc2c1CCN(C(=O)c1cnc3ccccn13)C2.CCCc1cc(C(C)(C)C)nn1CCOS(C)(C)C(C)(C)C. The van der Waals surface area contributed by atoms with Crippen molar-refractivity contribution in [2.75, 3.05) is 25.7 Å². The molecule has 0 radical (unpaired) electrons. The summed E-state index contributed by atoms with van der Waals surface area (Å²) in [5.74, 6) is 0.0798. The lowest BCUT2D eigenvalue weighted by Crippen LogP contribution is -2.36. The van der Waals surface area contributed by atoms with E-state index in [1.807, 2.05) is 39.1 Å². The molecular formula is C35H51N5O3S2. The van der Waals surface area contributed by atoms with Gasteiger partial charge >= 0.3 is 0 Å². The molecule has 0 aromatic carbocycles. The molecule has 10 heteroatoms. The molecule has 1 aliphatic rings. The second-order valence-corrected chi connectivity index (χ2v) is 19.0. The first-order valence-electron chi connectivity index (χ1n) is 15.8. The molecule has 0 N–H and O–H groups in total. The summed E-state index contributed by atoms with van der Waals surface area (Å²) < 4.78 is 10.4. The molecule has 0 saturated heterocycles. The summed E-state index contributed by atoms with van der Waals surface area (Å²) >= 11 is 1.57. The van der Waals surface area contributed by atoms with Gasteiger partial charge in [0, 0.05) is 44.4 Å². The van der Waals surface area contributed by atoms with Gasteiger partial charge in [-0.25, -0.2) is 4.98 Å². The van der Waals surface area contributed by atoms with Crippen LogP contribution in [0.25, 0.3) is 5.65 Å². The Morgan fingerprint density at radius 1 is 1.11 bits per heavy atom. The third-order valence-corrected chi connectivity index (χ3v) is 13.3. The van der Waals surface area contributed by atoms with Crippen LogP contribution in [0.3, 0.4) is 0 Å². The average Bonchev–Trinajstić information content (AvgIpc) is 3.69. The molecule has 1 aliphatic heterocycles. The maximum atomic E-state index is 12.8. The number of aromatic nitrogens is 4. The van der Waals surface area contributed by atoms with Crippen molar-refractivity contribution in [3.63, 3.8) is 0 Å². The van der Waals surface area contributed by atoms with Crippen LogP contribution in [0.5, 0.6) is 0 Å². The molecule has 0 atom stereocenters. The zero-order valence-electron chi connectivity index (χ0n) is 28.8. The Labute approximate surface area is 274 Å². The topological polar surface area (TPSA) is 81.7 Å². The minimum Gasteiger partial charge on any atom is -0.335 e. The van der Waals surface area contributed by atoms with E-state index in [1.165, 1.54) is 11.4 Å². The molecule has 1 amide bonds. The van der Waals surface area contributed by atoms with Crippen molar-refractivity contribution >= 4 is 39.0 Å². The quantitative estimate of drug-likeness (QED) is 0.182. The molecule has 0 aliphatic carbocycles. The van der Waals surface area contributed by atoms with E-state index in [9.17, 15) is 9.59 Å².